The van der Waals surface area contributed by atoms with Crippen LogP contribution in [0.1, 0.15) is 6.23 Å². The number of hydrogen-bond acceptors (Lipinski definition) is 13. The molecule has 18 nitrogen and oxygen atoms in total. The van der Waals surface area contributed by atoms with Crippen LogP contribution in [0.2, 0.25) is 0 Å². The lowest BCUT2D eigenvalue weighted by atomic mass is 10.1. The van der Waals surface area contributed by atoms with Crippen molar-refractivity contribution in [2.75, 3.05) is 12.3 Å². The number of aliphatic hydroxyl groups excluding tert-OH is 2. The van der Waals surface area contributed by atoms with E-state index in [1.807, 2.05) is 0 Å². The smallest absolute Gasteiger partial charge is 0.385 e. The lowest BCUT2D eigenvalue weighted by Crippen LogP contribution is -2.42. The van der Waals surface area contributed by atoms with Gasteiger partial charge in [-0.3, -0.25) is 9.09 Å². The number of aromatic nitrogens is 4. The van der Waals surface area contributed by atoms with Crippen molar-refractivity contribution in [2.24, 2.45) is 0 Å². The number of phosphoric ester groups is 1. The first-order valence-corrected chi connectivity index (χ1v) is 12.5. The average molecular weight is 525 g/mol. The standard InChI is InChI=1S/C10H15FN5O13P3/c11-10(1-26-31(22,23)29-32(24,25)28-30(19,20)21)6(18)5(17)9(27-10)16-3-15-4-7(12)13-2-14-8(4)16/h2-3,5-6,9,17-18H,1H2,(H,22,23)(H,24,25)(H2,12,13,14)(H2,19,20,21). The quantitative estimate of drug-likeness (QED) is 0.196. The van der Waals surface area contributed by atoms with Gasteiger partial charge in [0.15, 0.2) is 17.7 Å². The third-order valence-electron chi connectivity index (χ3n) is 3.88. The highest BCUT2D eigenvalue weighted by Crippen LogP contribution is 2.66. The van der Waals surface area contributed by atoms with Gasteiger partial charge in [-0.1, -0.05) is 0 Å². The molecule has 32 heavy (non-hydrogen) atoms. The number of imidazole rings is 1. The van der Waals surface area contributed by atoms with E-state index in [0.717, 1.165) is 17.2 Å². The summed E-state index contributed by atoms with van der Waals surface area (Å²) in [4.78, 5) is 46.9. The van der Waals surface area contributed by atoms with Crippen LogP contribution in [-0.2, 0) is 31.6 Å². The summed E-state index contributed by atoms with van der Waals surface area (Å²) in [7, 11) is -17.2. The van der Waals surface area contributed by atoms with Gasteiger partial charge >= 0.3 is 23.5 Å². The molecule has 0 bridgehead atoms. The molecule has 0 spiro atoms. The van der Waals surface area contributed by atoms with Gasteiger partial charge in [0, 0.05) is 0 Å². The fourth-order valence-corrected chi connectivity index (χ4v) is 5.65. The van der Waals surface area contributed by atoms with Crippen molar-refractivity contribution in [3.05, 3.63) is 12.7 Å². The molecule has 1 aliphatic rings. The van der Waals surface area contributed by atoms with Gasteiger partial charge in [-0.05, 0) is 0 Å². The number of nitrogen functional groups attached to an aromatic ring is 1. The van der Waals surface area contributed by atoms with Crippen molar-refractivity contribution in [3.63, 3.8) is 0 Å². The van der Waals surface area contributed by atoms with Gasteiger partial charge < -0.3 is 40.3 Å². The Hall–Kier alpha value is -1.43. The molecule has 0 amide bonds. The maximum Gasteiger partial charge on any atom is 0.490 e. The topological polar surface area (TPSA) is 279 Å². The van der Waals surface area contributed by atoms with Crippen LogP contribution in [0.4, 0.5) is 10.2 Å². The average Bonchev–Trinajstić information content (AvgIpc) is 3.14. The fraction of sp³-hybridized carbons (Fsp3) is 0.500. The minimum absolute atomic E-state index is 0.0223. The highest BCUT2D eigenvalue weighted by molar-refractivity contribution is 7.66. The monoisotopic (exact) mass is 525 g/mol. The number of rotatable bonds is 8. The molecule has 0 aromatic carbocycles. The van der Waals surface area contributed by atoms with Crippen LogP contribution < -0.4 is 5.73 Å². The number of phosphoric acid groups is 3. The number of hydrogen-bond donors (Lipinski definition) is 7. The first-order chi connectivity index (χ1) is 14.5. The third-order valence-corrected chi connectivity index (χ3v) is 7.66. The number of aliphatic hydroxyl groups is 2. The van der Waals surface area contributed by atoms with E-state index in [9.17, 15) is 28.8 Å². The zero-order valence-electron chi connectivity index (χ0n) is 15.2. The first-order valence-electron chi connectivity index (χ1n) is 7.98. The van der Waals surface area contributed by atoms with Gasteiger partial charge in [-0.25, -0.2) is 33.0 Å². The number of ether oxygens (including phenoxy) is 1. The highest BCUT2D eigenvalue weighted by Gasteiger charge is 2.57. The maximum absolute atomic E-state index is 15.1. The number of fused-ring (bicyclic) bond motifs is 1. The summed E-state index contributed by atoms with van der Waals surface area (Å²) in [5, 5.41) is 20.2. The summed E-state index contributed by atoms with van der Waals surface area (Å²) in [6.07, 6.45) is -4.02. The Morgan fingerprint density at radius 1 is 1.12 bits per heavy atom. The number of nitrogens with two attached hydrogens (primary N) is 1. The van der Waals surface area contributed by atoms with Crippen LogP contribution in [0.25, 0.3) is 11.2 Å². The lowest BCUT2D eigenvalue weighted by molar-refractivity contribution is -0.203. The van der Waals surface area contributed by atoms with Crippen LogP contribution in [0.3, 0.4) is 0 Å². The molecule has 2 aromatic rings. The van der Waals surface area contributed by atoms with Crippen LogP contribution in [0.5, 0.6) is 0 Å². The summed E-state index contributed by atoms with van der Waals surface area (Å²) >= 11 is 0. The number of halogens is 1. The molecule has 8 N–H and O–H groups in total. The van der Waals surface area contributed by atoms with Crippen molar-refractivity contribution < 1.29 is 65.8 Å². The Morgan fingerprint density at radius 3 is 2.41 bits per heavy atom. The van der Waals surface area contributed by atoms with Gasteiger partial charge in [0.25, 0.3) is 5.85 Å². The lowest BCUT2D eigenvalue weighted by Gasteiger charge is -2.24. The van der Waals surface area contributed by atoms with E-state index in [1.54, 1.807) is 0 Å². The summed E-state index contributed by atoms with van der Waals surface area (Å²) in [6.45, 7) is -1.66. The molecule has 180 valence electrons. The zero-order valence-corrected chi connectivity index (χ0v) is 17.9. The molecule has 0 radical (unpaired) electrons. The molecule has 3 heterocycles. The maximum atomic E-state index is 15.1. The molecule has 3 rings (SSSR count). The fourth-order valence-electron chi connectivity index (χ4n) is 2.62. The van der Waals surface area contributed by atoms with Crippen LogP contribution in [0, 0.1) is 0 Å². The molecule has 0 aliphatic carbocycles. The van der Waals surface area contributed by atoms with E-state index >= 15 is 4.39 Å². The molecule has 1 saturated heterocycles. The second-order valence-electron chi connectivity index (χ2n) is 6.18. The van der Waals surface area contributed by atoms with E-state index in [4.69, 9.17) is 25.2 Å². The van der Waals surface area contributed by atoms with Crippen LogP contribution >= 0.6 is 23.5 Å². The van der Waals surface area contributed by atoms with E-state index in [0.29, 0.717) is 0 Å². The minimum Gasteiger partial charge on any atom is -0.385 e. The largest absolute Gasteiger partial charge is 0.490 e. The zero-order chi connectivity index (χ0) is 24.1. The predicted octanol–water partition coefficient (Wildman–Crippen LogP) is -1.33. The van der Waals surface area contributed by atoms with Crippen molar-refractivity contribution in [3.8, 4) is 0 Å². The molecular weight excluding hydrogens is 510 g/mol. The SMILES string of the molecule is Nc1ncnc2c1ncn2C1OC(F)(COP(=O)(O)OP(=O)(O)OP(=O)(O)O)C(O)C1O. The van der Waals surface area contributed by atoms with Crippen LogP contribution in [-0.4, -0.2) is 74.0 Å². The van der Waals surface area contributed by atoms with Gasteiger partial charge in [0.1, 0.15) is 30.7 Å². The van der Waals surface area contributed by atoms with Crippen molar-refractivity contribution in [1.82, 2.24) is 19.5 Å². The van der Waals surface area contributed by atoms with E-state index in [1.165, 1.54) is 0 Å². The minimum atomic E-state index is -5.84. The summed E-state index contributed by atoms with van der Waals surface area (Å²) in [5.74, 6) is -3.44. The Labute approximate surface area is 175 Å². The Balaban J connectivity index is 1.76. The highest BCUT2D eigenvalue weighted by atomic mass is 31.3. The van der Waals surface area contributed by atoms with Crippen molar-refractivity contribution in [1.29, 1.82) is 0 Å². The third kappa shape index (κ3) is 5.37. The number of alkyl halides is 1. The number of nitrogens with zero attached hydrogens (tertiary/aromatic N) is 4. The molecule has 0 saturated carbocycles. The normalized spacial score (nSPS) is 30.3. The number of anilines is 1. The van der Waals surface area contributed by atoms with Gasteiger partial charge in [-0.2, -0.15) is 8.62 Å². The molecule has 6 unspecified atom stereocenters. The summed E-state index contributed by atoms with van der Waals surface area (Å²) in [6, 6.07) is 0. The van der Waals surface area contributed by atoms with E-state index in [2.05, 4.69) is 28.1 Å². The van der Waals surface area contributed by atoms with Gasteiger partial charge in [0.05, 0.1) is 6.33 Å². The first kappa shape index (κ1) is 25.2. The molecule has 1 fully saturated rings. The van der Waals surface area contributed by atoms with Crippen molar-refractivity contribution >= 4 is 40.4 Å². The van der Waals surface area contributed by atoms with Crippen LogP contribution in [0.15, 0.2) is 12.7 Å². The molecular formula is C10H15FN5O13P3. The second kappa shape index (κ2) is 8.41. The van der Waals surface area contributed by atoms with Gasteiger partial charge in [0.2, 0.25) is 0 Å². The molecule has 1 aliphatic heterocycles. The molecule has 6 atom stereocenters. The molecule has 2 aromatic heterocycles. The van der Waals surface area contributed by atoms with Crippen molar-refractivity contribution in [2.45, 2.75) is 24.3 Å². The predicted molar refractivity (Wildman–Crippen MR) is 95.5 cm³/mol. The van der Waals surface area contributed by atoms with E-state index < -0.39 is 54.4 Å². The Kier molecular flexibility index (Phi) is 6.62. The van der Waals surface area contributed by atoms with Gasteiger partial charge in [-0.15, -0.1) is 0 Å². The Morgan fingerprint density at radius 2 is 1.78 bits per heavy atom. The summed E-state index contributed by atoms with van der Waals surface area (Å²) in [5.41, 5.74) is 5.65. The Bertz CT molecular complexity index is 1160. The second-order valence-corrected chi connectivity index (χ2v) is 10.6. The summed E-state index contributed by atoms with van der Waals surface area (Å²) < 4.78 is 65.7. The van der Waals surface area contributed by atoms with E-state index in [-0.39, 0.29) is 17.0 Å². The molecule has 22 heteroatoms.